The molecule has 18 heavy (non-hydrogen) atoms. The number of aromatic amines is 1. The van der Waals surface area contributed by atoms with Gasteiger partial charge in [0.1, 0.15) is 5.69 Å². The summed E-state index contributed by atoms with van der Waals surface area (Å²) in [7, 11) is 1.22. The highest BCUT2D eigenvalue weighted by Crippen LogP contribution is 2.11. The molecule has 0 fully saturated rings. The number of H-pyrrole nitrogens is 1. The molecule has 6 heteroatoms. The van der Waals surface area contributed by atoms with Crippen molar-refractivity contribution in [2.24, 2.45) is 5.73 Å². The van der Waals surface area contributed by atoms with Gasteiger partial charge < -0.3 is 15.5 Å². The topological polar surface area (TPSA) is 102 Å². The first-order chi connectivity index (χ1) is 8.52. The minimum absolute atomic E-state index is 0.0572. The molecule has 0 aliphatic carbocycles. The first-order valence-corrected chi connectivity index (χ1v) is 5.08. The predicted octanol–water partition coefficient (Wildman–Crippen LogP) is 0.414. The van der Waals surface area contributed by atoms with Crippen LogP contribution in [-0.4, -0.2) is 24.0 Å². The molecule has 92 valence electrons. The summed E-state index contributed by atoms with van der Waals surface area (Å²) in [5, 5.41) is 0.291. The van der Waals surface area contributed by atoms with E-state index in [2.05, 4.69) is 9.72 Å². The molecule has 0 radical (unpaired) electrons. The molecule has 2 aromatic rings. The van der Waals surface area contributed by atoms with Crippen LogP contribution in [0.3, 0.4) is 0 Å². The highest BCUT2D eigenvalue weighted by Gasteiger charge is 2.10. The van der Waals surface area contributed by atoms with Crippen LogP contribution in [0.5, 0.6) is 0 Å². The Kier molecular flexibility index (Phi) is 2.85. The molecule has 1 aromatic heterocycles. The lowest BCUT2D eigenvalue weighted by Gasteiger charge is -2.03. The van der Waals surface area contributed by atoms with Gasteiger partial charge >= 0.3 is 5.97 Å². The Hall–Kier alpha value is -2.63. The third-order valence-corrected chi connectivity index (χ3v) is 2.52. The standard InChI is InChI=1S/C12H10N2O4/c1-18-12(17)9-5-10(15)7-4-6(11(13)16)2-3-8(7)14-9/h2-5H,1H3,(H2,13,16)(H,14,15). The van der Waals surface area contributed by atoms with Crippen molar-refractivity contribution in [2.45, 2.75) is 0 Å². The summed E-state index contributed by atoms with van der Waals surface area (Å²) in [5.74, 6) is -1.25. The first kappa shape index (κ1) is 11.8. The van der Waals surface area contributed by atoms with E-state index in [1.807, 2.05) is 0 Å². The fraction of sp³-hybridized carbons (Fsp3) is 0.0833. The van der Waals surface area contributed by atoms with Crippen molar-refractivity contribution >= 4 is 22.8 Å². The summed E-state index contributed by atoms with van der Waals surface area (Å²) < 4.78 is 4.52. The van der Waals surface area contributed by atoms with Crippen LogP contribution >= 0.6 is 0 Å². The average Bonchev–Trinajstić information content (AvgIpc) is 2.37. The van der Waals surface area contributed by atoms with E-state index in [4.69, 9.17) is 5.73 Å². The molecule has 0 spiro atoms. The lowest BCUT2D eigenvalue weighted by molar-refractivity contribution is 0.0594. The lowest BCUT2D eigenvalue weighted by atomic mass is 10.1. The number of ether oxygens (including phenoxy) is 1. The van der Waals surface area contributed by atoms with Gasteiger partial charge in [-0.05, 0) is 18.2 Å². The van der Waals surface area contributed by atoms with Crippen LogP contribution in [0.25, 0.3) is 10.9 Å². The van der Waals surface area contributed by atoms with Crippen LogP contribution in [0.1, 0.15) is 20.8 Å². The Balaban J connectivity index is 2.70. The summed E-state index contributed by atoms with van der Waals surface area (Å²) in [6, 6.07) is 5.50. The van der Waals surface area contributed by atoms with Crippen LogP contribution in [0.2, 0.25) is 0 Å². The first-order valence-electron chi connectivity index (χ1n) is 5.08. The number of primary amides is 1. The van der Waals surface area contributed by atoms with Crippen molar-refractivity contribution in [1.29, 1.82) is 0 Å². The number of hydrogen-bond acceptors (Lipinski definition) is 4. The van der Waals surface area contributed by atoms with Crippen LogP contribution < -0.4 is 11.2 Å². The molecule has 6 nitrogen and oxygen atoms in total. The fourth-order valence-electron chi connectivity index (χ4n) is 1.62. The second-order valence-corrected chi connectivity index (χ2v) is 3.66. The Morgan fingerprint density at radius 2 is 2.00 bits per heavy atom. The van der Waals surface area contributed by atoms with E-state index in [-0.39, 0.29) is 16.7 Å². The molecular weight excluding hydrogens is 236 g/mol. The molecular formula is C12H10N2O4. The van der Waals surface area contributed by atoms with E-state index in [1.54, 1.807) is 0 Å². The maximum Gasteiger partial charge on any atom is 0.354 e. The van der Waals surface area contributed by atoms with Crippen molar-refractivity contribution in [3.8, 4) is 0 Å². The largest absolute Gasteiger partial charge is 0.464 e. The van der Waals surface area contributed by atoms with Crippen molar-refractivity contribution in [3.63, 3.8) is 0 Å². The van der Waals surface area contributed by atoms with E-state index >= 15 is 0 Å². The second kappa shape index (κ2) is 4.33. The van der Waals surface area contributed by atoms with Crippen LogP contribution in [0.15, 0.2) is 29.1 Å². The van der Waals surface area contributed by atoms with E-state index in [0.29, 0.717) is 10.9 Å². The number of carbonyl (C=O) groups is 2. The molecule has 0 aliphatic rings. The van der Waals surface area contributed by atoms with Gasteiger partial charge in [0, 0.05) is 22.5 Å². The molecule has 0 unspecified atom stereocenters. The number of fused-ring (bicyclic) bond motifs is 1. The smallest absolute Gasteiger partial charge is 0.354 e. The highest BCUT2D eigenvalue weighted by atomic mass is 16.5. The number of rotatable bonds is 2. The number of nitrogens with two attached hydrogens (primary N) is 1. The lowest BCUT2D eigenvalue weighted by Crippen LogP contribution is -2.14. The summed E-state index contributed by atoms with van der Waals surface area (Å²) in [4.78, 5) is 36.9. The van der Waals surface area contributed by atoms with Crippen molar-refractivity contribution in [2.75, 3.05) is 7.11 Å². The molecule has 0 saturated carbocycles. The highest BCUT2D eigenvalue weighted by molar-refractivity contribution is 5.97. The zero-order chi connectivity index (χ0) is 13.3. The summed E-state index contributed by atoms with van der Waals surface area (Å²) in [5.41, 5.74) is 5.48. The fourth-order valence-corrected chi connectivity index (χ4v) is 1.62. The second-order valence-electron chi connectivity index (χ2n) is 3.66. The van der Waals surface area contributed by atoms with Gasteiger partial charge in [-0.25, -0.2) is 4.79 Å². The molecule has 0 atom stereocenters. The van der Waals surface area contributed by atoms with Gasteiger partial charge in [0.2, 0.25) is 5.91 Å². The predicted molar refractivity (Wildman–Crippen MR) is 64.4 cm³/mol. The molecule has 1 aromatic carbocycles. The molecule has 0 bridgehead atoms. The number of methoxy groups -OCH3 is 1. The summed E-state index contributed by atoms with van der Waals surface area (Å²) >= 11 is 0. The van der Waals surface area contributed by atoms with Crippen LogP contribution in [0.4, 0.5) is 0 Å². The minimum atomic E-state index is -0.632. The molecule has 1 amide bonds. The van der Waals surface area contributed by atoms with Crippen molar-refractivity contribution in [1.82, 2.24) is 4.98 Å². The van der Waals surface area contributed by atoms with Crippen molar-refractivity contribution in [3.05, 3.63) is 45.7 Å². The van der Waals surface area contributed by atoms with Crippen LogP contribution in [-0.2, 0) is 4.74 Å². The van der Waals surface area contributed by atoms with Gasteiger partial charge in [-0.15, -0.1) is 0 Å². The normalized spacial score (nSPS) is 10.3. The Bertz CT molecular complexity index is 703. The third kappa shape index (κ3) is 1.95. The minimum Gasteiger partial charge on any atom is -0.464 e. The number of aromatic nitrogens is 1. The molecule has 0 saturated heterocycles. The Labute approximate surface area is 101 Å². The molecule has 1 heterocycles. The zero-order valence-corrected chi connectivity index (χ0v) is 9.52. The maximum absolute atomic E-state index is 11.8. The number of amides is 1. The van der Waals surface area contributed by atoms with Gasteiger partial charge in [-0.2, -0.15) is 0 Å². The number of benzene rings is 1. The van der Waals surface area contributed by atoms with Crippen molar-refractivity contribution < 1.29 is 14.3 Å². The number of esters is 1. The van der Waals surface area contributed by atoms with E-state index in [0.717, 1.165) is 6.07 Å². The van der Waals surface area contributed by atoms with Crippen LogP contribution in [0, 0.1) is 0 Å². The van der Waals surface area contributed by atoms with Gasteiger partial charge in [0.05, 0.1) is 7.11 Å². The van der Waals surface area contributed by atoms with Gasteiger partial charge in [0.15, 0.2) is 5.43 Å². The monoisotopic (exact) mass is 246 g/mol. The number of nitrogens with one attached hydrogen (secondary N) is 1. The summed E-state index contributed by atoms with van der Waals surface area (Å²) in [6.07, 6.45) is 0. The molecule has 3 N–H and O–H groups in total. The van der Waals surface area contributed by atoms with E-state index in [1.165, 1.54) is 25.3 Å². The van der Waals surface area contributed by atoms with E-state index < -0.39 is 11.9 Å². The quantitative estimate of drug-likeness (QED) is 0.749. The number of carbonyl (C=O) groups excluding carboxylic acids is 2. The van der Waals surface area contributed by atoms with Gasteiger partial charge in [-0.3, -0.25) is 9.59 Å². The Morgan fingerprint density at radius 3 is 2.61 bits per heavy atom. The third-order valence-electron chi connectivity index (χ3n) is 2.52. The maximum atomic E-state index is 11.8. The number of hydrogen-bond donors (Lipinski definition) is 2. The molecule has 2 rings (SSSR count). The number of pyridine rings is 1. The molecule has 0 aliphatic heterocycles. The SMILES string of the molecule is COC(=O)c1cc(=O)c2cc(C(N)=O)ccc2[nH]1. The van der Waals surface area contributed by atoms with E-state index in [9.17, 15) is 14.4 Å². The van der Waals surface area contributed by atoms with Gasteiger partial charge in [-0.1, -0.05) is 0 Å². The zero-order valence-electron chi connectivity index (χ0n) is 9.52. The summed E-state index contributed by atoms with van der Waals surface area (Å²) in [6.45, 7) is 0. The average molecular weight is 246 g/mol. The Morgan fingerprint density at radius 1 is 1.28 bits per heavy atom. The van der Waals surface area contributed by atoms with Gasteiger partial charge in [0.25, 0.3) is 0 Å².